The van der Waals surface area contributed by atoms with Gasteiger partial charge in [0.1, 0.15) is 5.75 Å². The smallest absolute Gasteiger partial charge is 0.124 e. The fraction of sp³-hybridized carbons (Fsp3) is 0.333. The van der Waals surface area contributed by atoms with Gasteiger partial charge in [-0.25, -0.2) is 0 Å². The highest BCUT2D eigenvalue weighted by molar-refractivity contribution is 5.33. The van der Waals surface area contributed by atoms with Crippen molar-refractivity contribution in [3.63, 3.8) is 0 Å². The van der Waals surface area contributed by atoms with Gasteiger partial charge in [-0.05, 0) is 25.5 Å². The average molecular weight is 285 g/mol. The fourth-order valence-electron chi connectivity index (χ4n) is 2.16. The Morgan fingerprint density at radius 1 is 1.00 bits per heavy atom. The van der Waals surface area contributed by atoms with Gasteiger partial charge in [0.15, 0.2) is 0 Å². The van der Waals surface area contributed by atoms with E-state index in [1.165, 1.54) is 0 Å². The van der Waals surface area contributed by atoms with E-state index in [4.69, 9.17) is 4.74 Å². The maximum atomic E-state index is 10.1. The van der Waals surface area contributed by atoms with E-state index in [2.05, 4.69) is 5.32 Å². The van der Waals surface area contributed by atoms with Crippen molar-refractivity contribution in [3.05, 3.63) is 65.7 Å². The average Bonchev–Trinajstić information content (AvgIpc) is 2.49. The summed E-state index contributed by atoms with van der Waals surface area (Å²) in [5, 5.41) is 13.4. The van der Waals surface area contributed by atoms with E-state index < -0.39 is 6.10 Å². The van der Waals surface area contributed by atoms with Crippen LogP contribution in [0.3, 0.4) is 0 Å². The molecular formula is C18H23NO2. The molecule has 0 saturated heterocycles. The summed E-state index contributed by atoms with van der Waals surface area (Å²) >= 11 is 0. The Hall–Kier alpha value is -1.84. The van der Waals surface area contributed by atoms with Crippen LogP contribution in [-0.2, 0) is 6.54 Å². The summed E-state index contributed by atoms with van der Waals surface area (Å²) in [5.41, 5.74) is 2.03. The number of benzene rings is 2. The number of aliphatic hydroxyl groups is 1. The molecule has 0 saturated carbocycles. The molecular weight excluding hydrogens is 262 g/mol. The SMILES string of the molecule is CC(C)Oc1ccccc1CNCC(O)c1ccccc1. The molecule has 2 rings (SSSR count). The van der Waals surface area contributed by atoms with Crippen molar-refractivity contribution in [1.29, 1.82) is 0 Å². The van der Waals surface area contributed by atoms with Gasteiger partial charge in [-0.3, -0.25) is 0 Å². The van der Waals surface area contributed by atoms with Gasteiger partial charge in [-0.2, -0.15) is 0 Å². The number of rotatable bonds is 7. The van der Waals surface area contributed by atoms with Crippen LogP contribution in [-0.4, -0.2) is 17.8 Å². The number of hydrogen-bond acceptors (Lipinski definition) is 3. The predicted molar refractivity (Wildman–Crippen MR) is 85.3 cm³/mol. The van der Waals surface area contributed by atoms with E-state index in [9.17, 15) is 5.11 Å². The lowest BCUT2D eigenvalue weighted by Crippen LogP contribution is -2.21. The normalized spacial score (nSPS) is 12.4. The summed E-state index contributed by atoms with van der Waals surface area (Å²) in [6.45, 7) is 5.22. The first-order chi connectivity index (χ1) is 10.2. The molecule has 0 bridgehead atoms. The van der Waals surface area contributed by atoms with Crippen LogP contribution in [0.5, 0.6) is 5.75 Å². The van der Waals surface area contributed by atoms with Crippen LogP contribution in [0, 0.1) is 0 Å². The first-order valence-electron chi connectivity index (χ1n) is 7.35. The summed E-state index contributed by atoms with van der Waals surface area (Å²) < 4.78 is 5.78. The van der Waals surface area contributed by atoms with Crippen molar-refractivity contribution in [3.8, 4) is 5.75 Å². The van der Waals surface area contributed by atoms with Crippen LogP contribution in [0.1, 0.15) is 31.1 Å². The predicted octanol–water partition coefficient (Wildman–Crippen LogP) is 3.30. The van der Waals surface area contributed by atoms with Gasteiger partial charge in [0.05, 0.1) is 12.2 Å². The quantitative estimate of drug-likeness (QED) is 0.820. The first-order valence-corrected chi connectivity index (χ1v) is 7.35. The molecule has 0 amide bonds. The van der Waals surface area contributed by atoms with Crippen molar-refractivity contribution in [2.45, 2.75) is 32.6 Å². The van der Waals surface area contributed by atoms with Crippen LogP contribution in [0.15, 0.2) is 54.6 Å². The topological polar surface area (TPSA) is 41.5 Å². The third-order valence-corrected chi connectivity index (χ3v) is 3.17. The summed E-state index contributed by atoms with van der Waals surface area (Å²) in [4.78, 5) is 0. The van der Waals surface area contributed by atoms with Crippen LogP contribution in [0.25, 0.3) is 0 Å². The van der Waals surface area contributed by atoms with E-state index in [0.29, 0.717) is 13.1 Å². The molecule has 2 aromatic carbocycles. The van der Waals surface area contributed by atoms with Gasteiger partial charge >= 0.3 is 0 Å². The molecule has 0 heterocycles. The van der Waals surface area contributed by atoms with Gasteiger partial charge < -0.3 is 15.2 Å². The second-order valence-corrected chi connectivity index (χ2v) is 5.33. The fourth-order valence-corrected chi connectivity index (χ4v) is 2.16. The van der Waals surface area contributed by atoms with Crippen molar-refractivity contribution < 1.29 is 9.84 Å². The van der Waals surface area contributed by atoms with Gasteiger partial charge in [-0.15, -0.1) is 0 Å². The van der Waals surface area contributed by atoms with E-state index >= 15 is 0 Å². The van der Waals surface area contributed by atoms with Crippen molar-refractivity contribution in [2.24, 2.45) is 0 Å². The minimum atomic E-state index is -0.496. The number of para-hydroxylation sites is 1. The van der Waals surface area contributed by atoms with Crippen LogP contribution < -0.4 is 10.1 Å². The highest BCUT2D eigenvalue weighted by Crippen LogP contribution is 2.19. The highest BCUT2D eigenvalue weighted by atomic mass is 16.5. The summed E-state index contributed by atoms with van der Waals surface area (Å²) in [6, 6.07) is 17.7. The van der Waals surface area contributed by atoms with Crippen molar-refractivity contribution in [1.82, 2.24) is 5.32 Å². The van der Waals surface area contributed by atoms with Crippen LogP contribution >= 0.6 is 0 Å². The lowest BCUT2D eigenvalue weighted by atomic mass is 10.1. The van der Waals surface area contributed by atoms with E-state index in [1.54, 1.807) is 0 Å². The van der Waals surface area contributed by atoms with Gasteiger partial charge in [0.25, 0.3) is 0 Å². The monoisotopic (exact) mass is 285 g/mol. The molecule has 3 heteroatoms. The number of ether oxygens (including phenoxy) is 1. The first kappa shape index (κ1) is 15.5. The van der Waals surface area contributed by atoms with E-state index in [0.717, 1.165) is 16.9 Å². The molecule has 1 unspecified atom stereocenters. The second-order valence-electron chi connectivity index (χ2n) is 5.33. The zero-order valence-electron chi connectivity index (χ0n) is 12.6. The Bertz CT molecular complexity index is 540. The summed E-state index contributed by atoms with van der Waals surface area (Å²) in [5.74, 6) is 0.897. The highest BCUT2D eigenvalue weighted by Gasteiger charge is 2.08. The molecule has 3 nitrogen and oxygen atoms in total. The Morgan fingerprint density at radius 3 is 2.38 bits per heavy atom. The van der Waals surface area contributed by atoms with Crippen molar-refractivity contribution >= 4 is 0 Å². The standard InChI is InChI=1S/C18H23NO2/c1-14(2)21-18-11-7-6-10-16(18)12-19-13-17(20)15-8-4-3-5-9-15/h3-11,14,17,19-20H,12-13H2,1-2H3. The van der Waals surface area contributed by atoms with E-state index in [-0.39, 0.29) is 6.10 Å². The lowest BCUT2D eigenvalue weighted by Gasteiger charge is -2.16. The molecule has 0 aliphatic carbocycles. The van der Waals surface area contributed by atoms with Gasteiger partial charge in [-0.1, -0.05) is 48.5 Å². The molecule has 0 radical (unpaired) electrons. The molecule has 1 atom stereocenters. The molecule has 0 fully saturated rings. The van der Waals surface area contributed by atoms with Crippen LogP contribution in [0.4, 0.5) is 0 Å². The lowest BCUT2D eigenvalue weighted by molar-refractivity contribution is 0.174. The van der Waals surface area contributed by atoms with Crippen molar-refractivity contribution in [2.75, 3.05) is 6.54 Å². The summed E-state index contributed by atoms with van der Waals surface area (Å²) in [7, 11) is 0. The maximum absolute atomic E-state index is 10.1. The van der Waals surface area contributed by atoms with Gasteiger partial charge in [0, 0.05) is 18.7 Å². The number of hydrogen-bond donors (Lipinski definition) is 2. The third-order valence-electron chi connectivity index (χ3n) is 3.17. The molecule has 0 aromatic heterocycles. The molecule has 0 aliphatic heterocycles. The van der Waals surface area contributed by atoms with Crippen LogP contribution in [0.2, 0.25) is 0 Å². The van der Waals surface area contributed by atoms with E-state index in [1.807, 2.05) is 68.4 Å². The molecule has 0 spiro atoms. The number of nitrogens with one attached hydrogen (secondary N) is 1. The minimum Gasteiger partial charge on any atom is -0.491 e. The molecule has 0 aliphatic rings. The number of aliphatic hydroxyl groups excluding tert-OH is 1. The third kappa shape index (κ3) is 4.88. The summed E-state index contributed by atoms with van der Waals surface area (Å²) in [6.07, 6.45) is -0.342. The maximum Gasteiger partial charge on any atom is 0.124 e. The molecule has 2 aromatic rings. The Balaban J connectivity index is 1.89. The largest absolute Gasteiger partial charge is 0.491 e. The molecule has 2 N–H and O–H groups in total. The molecule has 112 valence electrons. The zero-order chi connectivity index (χ0) is 15.1. The Morgan fingerprint density at radius 2 is 1.67 bits per heavy atom. The van der Waals surface area contributed by atoms with Gasteiger partial charge in [0.2, 0.25) is 0 Å². The zero-order valence-corrected chi connectivity index (χ0v) is 12.6. The Labute approximate surface area is 126 Å². The second kappa shape index (κ2) is 7.81. The minimum absolute atomic E-state index is 0.154. The molecule has 21 heavy (non-hydrogen) atoms. The Kier molecular flexibility index (Phi) is 5.78.